The second kappa shape index (κ2) is 4.67. The van der Waals surface area contributed by atoms with E-state index in [4.69, 9.17) is 0 Å². The van der Waals surface area contributed by atoms with Gasteiger partial charge in [0.15, 0.2) is 11.6 Å². The minimum absolute atomic E-state index is 0.219. The first-order chi connectivity index (χ1) is 9.59. The van der Waals surface area contributed by atoms with Crippen molar-refractivity contribution >= 4 is 28.3 Å². The number of benzene rings is 1. The van der Waals surface area contributed by atoms with E-state index in [9.17, 15) is 14.4 Å². The summed E-state index contributed by atoms with van der Waals surface area (Å²) in [5, 5.41) is 4.88. The van der Waals surface area contributed by atoms with E-state index < -0.39 is 11.7 Å². The summed E-state index contributed by atoms with van der Waals surface area (Å²) in [6.45, 7) is 0. The zero-order valence-corrected chi connectivity index (χ0v) is 11.1. The van der Waals surface area contributed by atoms with Crippen LogP contribution in [0.3, 0.4) is 0 Å². The third kappa shape index (κ3) is 1.86. The zero-order valence-electron chi connectivity index (χ0n) is 11.1. The van der Waals surface area contributed by atoms with Crippen LogP contribution >= 0.6 is 0 Å². The molecule has 0 radical (unpaired) electrons. The molecule has 1 saturated carbocycles. The molecule has 5 nitrogen and oxygen atoms in total. The van der Waals surface area contributed by atoms with Gasteiger partial charge in [0, 0.05) is 25.3 Å². The van der Waals surface area contributed by atoms with Crippen LogP contribution in [0.25, 0.3) is 10.9 Å². The van der Waals surface area contributed by atoms with Crippen molar-refractivity contribution in [3.8, 4) is 0 Å². The first-order valence-corrected chi connectivity index (χ1v) is 6.61. The van der Waals surface area contributed by atoms with E-state index in [1.807, 2.05) is 18.2 Å². The van der Waals surface area contributed by atoms with Gasteiger partial charge in [-0.2, -0.15) is 5.10 Å². The third-order valence-corrected chi connectivity index (χ3v) is 3.74. The topological polar surface area (TPSA) is 69.0 Å². The van der Waals surface area contributed by atoms with Gasteiger partial charge in [-0.25, -0.2) is 0 Å². The molecular weight excluding hydrogens is 256 g/mol. The van der Waals surface area contributed by atoms with Gasteiger partial charge < -0.3 is 0 Å². The number of rotatable bonds is 2. The van der Waals surface area contributed by atoms with Crippen LogP contribution in [0.1, 0.15) is 29.8 Å². The number of aryl methyl sites for hydroxylation is 1. The van der Waals surface area contributed by atoms with E-state index >= 15 is 0 Å². The molecule has 1 aliphatic rings. The lowest BCUT2D eigenvalue weighted by Gasteiger charge is -2.17. The number of carbonyl (C=O) groups is 3. The van der Waals surface area contributed by atoms with E-state index in [1.54, 1.807) is 17.8 Å². The SMILES string of the molecule is Cn1nc(C(=O)C2C(=O)CCCC2=O)c2ccccc21. The summed E-state index contributed by atoms with van der Waals surface area (Å²) in [5.74, 6) is -2.17. The maximum atomic E-state index is 12.5. The van der Waals surface area contributed by atoms with Crippen molar-refractivity contribution in [1.29, 1.82) is 0 Å². The number of nitrogens with zero attached hydrogens (tertiary/aromatic N) is 2. The van der Waals surface area contributed by atoms with E-state index in [2.05, 4.69) is 5.10 Å². The lowest BCUT2D eigenvalue weighted by molar-refractivity contribution is -0.133. The predicted molar refractivity (Wildman–Crippen MR) is 72.4 cm³/mol. The molecule has 0 N–H and O–H groups in total. The highest BCUT2D eigenvalue weighted by Crippen LogP contribution is 2.25. The van der Waals surface area contributed by atoms with Gasteiger partial charge in [0.1, 0.15) is 11.6 Å². The average molecular weight is 270 g/mol. The highest BCUT2D eigenvalue weighted by Gasteiger charge is 2.38. The van der Waals surface area contributed by atoms with Crippen molar-refractivity contribution < 1.29 is 14.4 Å². The number of fused-ring (bicyclic) bond motifs is 1. The van der Waals surface area contributed by atoms with Crippen molar-refractivity contribution in [2.45, 2.75) is 19.3 Å². The Labute approximate surface area is 115 Å². The maximum Gasteiger partial charge on any atom is 0.201 e. The molecule has 0 atom stereocenters. The zero-order chi connectivity index (χ0) is 14.3. The van der Waals surface area contributed by atoms with Gasteiger partial charge in [0.25, 0.3) is 0 Å². The van der Waals surface area contributed by atoms with Crippen molar-refractivity contribution in [3.63, 3.8) is 0 Å². The molecule has 1 aromatic heterocycles. The largest absolute Gasteiger partial charge is 0.298 e. The minimum atomic E-state index is -1.15. The van der Waals surface area contributed by atoms with Crippen molar-refractivity contribution in [3.05, 3.63) is 30.0 Å². The number of hydrogen-bond donors (Lipinski definition) is 0. The van der Waals surface area contributed by atoms with Crippen LogP contribution in [0, 0.1) is 5.92 Å². The fourth-order valence-corrected chi connectivity index (χ4v) is 2.73. The van der Waals surface area contributed by atoms with Crippen LogP contribution in [-0.4, -0.2) is 27.1 Å². The summed E-state index contributed by atoms with van der Waals surface area (Å²) in [5.41, 5.74) is 1.03. The molecule has 0 amide bonds. The molecule has 3 rings (SSSR count). The van der Waals surface area contributed by atoms with Crippen LogP contribution < -0.4 is 0 Å². The van der Waals surface area contributed by atoms with Crippen LogP contribution in [0.4, 0.5) is 0 Å². The highest BCUT2D eigenvalue weighted by molar-refractivity contribution is 6.26. The Morgan fingerprint density at radius 2 is 1.85 bits per heavy atom. The first-order valence-electron chi connectivity index (χ1n) is 6.61. The molecule has 5 heteroatoms. The second-order valence-corrected chi connectivity index (χ2v) is 5.07. The molecule has 0 saturated heterocycles. The van der Waals surface area contributed by atoms with E-state index in [1.165, 1.54) is 0 Å². The normalized spacial score (nSPS) is 16.9. The third-order valence-electron chi connectivity index (χ3n) is 3.74. The molecule has 0 aliphatic heterocycles. The summed E-state index contributed by atoms with van der Waals surface area (Å²) in [6, 6.07) is 7.30. The van der Waals surface area contributed by atoms with E-state index in [0.717, 1.165) is 5.52 Å². The maximum absolute atomic E-state index is 12.5. The van der Waals surface area contributed by atoms with Gasteiger partial charge in [0.2, 0.25) is 5.78 Å². The van der Waals surface area contributed by atoms with Crippen molar-refractivity contribution in [1.82, 2.24) is 9.78 Å². The molecule has 1 aliphatic carbocycles. The number of ketones is 3. The predicted octanol–water partition coefficient (Wildman–Crippen LogP) is 1.69. The lowest BCUT2D eigenvalue weighted by atomic mass is 9.82. The minimum Gasteiger partial charge on any atom is -0.298 e. The van der Waals surface area contributed by atoms with E-state index in [-0.39, 0.29) is 17.3 Å². The summed E-state index contributed by atoms with van der Waals surface area (Å²) in [6.07, 6.45) is 1.14. The van der Waals surface area contributed by atoms with Crippen LogP contribution in [0.15, 0.2) is 24.3 Å². The number of hydrogen-bond acceptors (Lipinski definition) is 4. The smallest absolute Gasteiger partial charge is 0.201 e. The fraction of sp³-hybridized carbons (Fsp3) is 0.333. The summed E-state index contributed by atoms with van der Waals surface area (Å²) in [4.78, 5) is 36.3. The van der Waals surface area contributed by atoms with Crippen molar-refractivity contribution in [2.75, 3.05) is 0 Å². The van der Waals surface area contributed by atoms with Gasteiger partial charge in [-0.1, -0.05) is 18.2 Å². The summed E-state index contributed by atoms with van der Waals surface area (Å²) >= 11 is 0. The van der Waals surface area contributed by atoms with E-state index in [0.29, 0.717) is 24.6 Å². The molecule has 2 aromatic rings. The summed E-state index contributed by atoms with van der Waals surface area (Å²) < 4.78 is 1.60. The fourth-order valence-electron chi connectivity index (χ4n) is 2.73. The van der Waals surface area contributed by atoms with Crippen LogP contribution in [-0.2, 0) is 16.6 Å². The van der Waals surface area contributed by atoms with Crippen LogP contribution in [0.5, 0.6) is 0 Å². The molecule has 1 fully saturated rings. The van der Waals surface area contributed by atoms with Gasteiger partial charge in [-0.3, -0.25) is 19.1 Å². The Kier molecular flexibility index (Phi) is 2.97. The average Bonchev–Trinajstić information content (AvgIpc) is 2.76. The molecular formula is C15H14N2O3. The molecule has 1 heterocycles. The molecule has 0 unspecified atom stereocenters. The van der Waals surface area contributed by atoms with Gasteiger partial charge >= 0.3 is 0 Å². The number of Topliss-reactive ketones (excluding diaryl/α,β-unsaturated/α-hetero) is 3. The molecule has 1 aromatic carbocycles. The van der Waals surface area contributed by atoms with Gasteiger partial charge in [0.05, 0.1) is 5.52 Å². The molecule has 0 bridgehead atoms. The van der Waals surface area contributed by atoms with Gasteiger partial charge in [-0.05, 0) is 12.5 Å². The Bertz CT molecular complexity index is 714. The first kappa shape index (κ1) is 12.7. The second-order valence-electron chi connectivity index (χ2n) is 5.07. The number of aromatic nitrogens is 2. The van der Waals surface area contributed by atoms with Crippen molar-refractivity contribution in [2.24, 2.45) is 13.0 Å². The monoisotopic (exact) mass is 270 g/mol. The highest BCUT2D eigenvalue weighted by atomic mass is 16.2. The lowest BCUT2D eigenvalue weighted by Crippen LogP contribution is -2.35. The molecule has 0 spiro atoms. The molecule has 20 heavy (non-hydrogen) atoms. The van der Waals surface area contributed by atoms with Gasteiger partial charge in [-0.15, -0.1) is 0 Å². The number of para-hydroxylation sites is 1. The summed E-state index contributed by atoms with van der Waals surface area (Å²) in [7, 11) is 1.74. The Morgan fingerprint density at radius 1 is 1.20 bits per heavy atom. The number of carbonyl (C=O) groups excluding carboxylic acids is 3. The Hall–Kier alpha value is -2.30. The van der Waals surface area contributed by atoms with Crippen LogP contribution in [0.2, 0.25) is 0 Å². The Morgan fingerprint density at radius 3 is 2.55 bits per heavy atom. The standard InChI is InChI=1S/C15H14N2O3/c1-17-10-6-3-2-5-9(10)14(16-17)15(20)13-11(18)7-4-8-12(13)19/h2-3,5-6,13H,4,7-8H2,1H3. The quantitative estimate of drug-likeness (QED) is 0.615. The molecule has 102 valence electrons. The Balaban J connectivity index is 2.09.